The highest BCUT2D eigenvalue weighted by Gasteiger charge is 2.29. The molecular weight excluding hydrogens is 396 g/mol. The number of ether oxygens (including phenoxy) is 1. The van der Waals surface area contributed by atoms with Crippen molar-refractivity contribution < 1.29 is 13.2 Å². The lowest BCUT2D eigenvalue weighted by Gasteiger charge is -2.35. The largest absolute Gasteiger partial charge is 0.493 e. The molecule has 0 atom stereocenters. The molecule has 1 aliphatic rings. The Morgan fingerprint density at radius 1 is 1.00 bits per heavy atom. The molecule has 2 aromatic carbocycles. The maximum Gasteiger partial charge on any atom is 0.243 e. The summed E-state index contributed by atoms with van der Waals surface area (Å²) >= 11 is 6.23. The van der Waals surface area contributed by atoms with E-state index in [-0.39, 0.29) is 0 Å². The Hall–Kier alpha value is -1.76. The van der Waals surface area contributed by atoms with E-state index < -0.39 is 10.0 Å². The van der Waals surface area contributed by atoms with Crippen LogP contribution in [0.4, 0.5) is 5.69 Å². The van der Waals surface area contributed by atoms with Gasteiger partial charge in [0.05, 0.1) is 11.5 Å². The van der Waals surface area contributed by atoms with Gasteiger partial charge in [-0.25, -0.2) is 8.42 Å². The van der Waals surface area contributed by atoms with Gasteiger partial charge >= 0.3 is 0 Å². The number of benzene rings is 2. The number of hydrogen-bond acceptors (Lipinski definition) is 4. The number of sulfonamides is 1. The molecule has 28 heavy (non-hydrogen) atoms. The van der Waals surface area contributed by atoms with Gasteiger partial charge in [-0.3, -0.25) is 0 Å². The number of piperazine rings is 1. The van der Waals surface area contributed by atoms with Crippen molar-refractivity contribution in [3.05, 3.63) is 52.5 Å². The molecular formula is C21H27ClN2O3S. The fourth-order valence-electron chi connectivity index (χ4n) is 3.27. The highest BCUT2D eigenvalue weighted by molar-refractivity contribution is 7.89. The molecule has 0 unspecified atom stereocenters. The summed E-state index contributed by atoms with van der Waals surface area (Å²) < 4.78 is 33.3. The molecule has 1 saturated heterocycles. The average Bonchev–Trinajstić information content (AvgIpc) is 2.69. The predicted octanol–water partition coefficient (Wildman–Crippen LogP) is 4.26. The van der Waals surface area contributed by atoms with Crippen LogP contribution in [0.5, 0.6) is 5.75 Å². The monoisotopic (exact) mass is 422 g/mol. The summed E-state index contributed by atoms with van der Waals surface area (Å²) in [5, 5.41) is 0.730. The average molecular weight is 423 g/mol. The van der Waals surface area contributed by atoms with E-state index in [1.165, 1.54) is 0 Å². The molecule has 7 heteroatoms. The normalized spacial score (nSPS) is 15.6. The SMILES string of the molecule is CCCOc1ccc(S(=O)(=O)N2CCN(c3ccc(C)c(Cl)c3)CC2)cc1C. The van der Waals surface area contributed by atoms with E-state index in [9.17, 15) is 8.42 Å². The van der Waals surface area contributed by atoms with Crippen molar-refractivity contribution in [2.45, 2.75) is 32.1 Å². The van der Waals surface area contributed by atoms with Crippen molar-refractivity contribution in [1.29, 1.82) is 0 Å². The van der Waals surface area contributed by atoms with E-state index >= 15 is 0 Å². The molecule has 0 radical (unpaired) electrons. The number of hydrogen-bond donors (Lipinski definition) is 0. The van der Waals surface area contributed by atoms with E-state index in [0.717, 1.165) is 34.0 Å². The first kappa shape index (κ1) is 21.0. The van der Waals surface area contributed by atoms with Crippen molar-refractivity contribution in [3.63, 3.8) is 0 Å². The Morgan fingerprint density at radius 2 is 1.71 bits per heavy atom. The first-order valence-electron chi connectivity index (χ1n) is 9.57. The van der Waals surface area contributed by atoms with Gasteiger partial charge in [0.15, 0.2) is 0 Å². The van der Waals surface area contributed by atoms with E-state index in [2.05, 4.69) is 4.90 Å². The highest BCUT2D eigenvalue weighted by Crippen LogP contribution is 2.27. The lowest BCUT2D eigenvalue weighted by Crippen LogP contribution is -2.48. The van der Waals surface area contributed by atoms with Crippen LogP contribution in [0.3, 0.4) is 0 Å². The van der Waals surface area contributed by atoms with Gasteiger partial charge in [-0.1, -0.05) is 24.6 Å². The molecule has 0 amide bonds. The standard InChI is InChI=1S/C21H27ClN2O3S/c1-4-13-27-21-8-7-19(14-17(21)3)28(25,26)24-11-9-23(10-12-24)18-6-5-16(2)20(22)15-18/h5-8,14-15H,4,9-13H2,1-3H3. The van der Waals surface area contributed by atoms with E-state index in [4.69, 9.17) is 16.3 Å². The van der Waals surface area contributed by atoms with Gasteiger partial charge < -0.3 is 9.64 Å². The minimum atomic E-state index is -3.52. The molecule has 5 nitrogen and oxygen atoms in total. The van der Waals surface area contributed by atoms with Gasteiger partial charge in [0, 0.05) is 36.9 Å². The van der Waals surface area contributed by atoms with Crippen LogP contribution in [0.2, 0.25) is 5.02 Å². The van der Waals surface area contributed by atoms with Crippen LogP contribution in [-0.2, 0) is 10.0 Å². The van der Waals surface area contributed by atoms with Crippen molar-refractivity contribution in [3.8, 4) is 5.75 Å². The Balaban J connectivity index is 1.70. The third-order valence-corrected chi connectivity index (χ3v) is 7.31. The van der Waals surface area contributed by atoms with Crippen LogP contribution in [-0.4, -0.2) is 45.5 Å². The van der Waals surface area contributed by atoms with Crippen LogP contribution in [0.15, 0.2) is 41.3 Å². The van der Waals surface area contributed by atoms with Crippen LogP contribution < -0.4 is 9.64 Å². The smallest absolute Gasteiger partial charge is 0.243 e. The molecule has 0 saturated carbocycles. The zero-order valence-electron chi connectivity index (χ0n) is 16.6. The van der Waals surface area contributed by atoms with E-state index in [1.54, 1.807) is 22.5 Å². The molecule has 0 aromatic heterocycles. The van der Waals surface area contributed by atoms with E-state index in [0.29, 0.717) is 37.7 Å². The molecule has 1 aliphatic heterocycles. The summed E-state index contributed by atoms with van der Waals surface area (Å²) in [4.78, 5) is 2.49. The zero-order chi connectivity index (χ0) is 20.3. The van der Waals surface area contributed by atoms with Gasteiger partial charge in [0.2, 0.25) is 10.0 Å². The number of anilines is 1. The minimum absolute atomic E-state index is 0.320. The second kappa shape index (κ2) is 8.72. The maximum atomic E-state index is 13.1. The molecule has 2 aromatic rings. The van der Waals surface area contributed by atoms with Gasteiger partial charge in [-0.05, 0) is 61.7 Å². The Kier molecular flexibility index (Phi) is 6.53. The molecule has 0 spiro atoms. The van der Waals surface area contributed by atoms with Crippen LogP contribution >= 0.6 is 11.6 Å². The van der Waals surface area contributed by atoms with Gasteiger partial charge in [0.25, 0.3) is 0 Å². The van der Waals surface area contributed by atoms with Crippen LogP contribution in [0.1, 0.15) is 24.5 Å². The summed E-state index contributed by atoms with van der Waals surface area (Å²) in [6.07, 6.45) is 0.913. The second-order valence-electron chi connectivity index (χ2n) is 7.10. The van der Waals surface area contributed by atoms with Crippen molar-refractivity contribution >= 4 is 27.3 Å². The summed E-state index contributed by atoms with van der Waals surface area (Å²) in [7, 11) is -3.52. The molecule has 152 valence electrons. The third-order valence-electron chi connectivity index (χ3n) is 5.01. The van der Waals surface area contributed by atoms with Gasteiger partial charge in [0.1, 0.15) is 5.75 Å². The summed E-state index contributed by atoms with van der Waals surface area (Å²) in [6.45, 7) is 8.67. The summed E-state index contributed by atoms with van der Waals surface area (Å²) in [5.74, 6) is 0.738. The zero-order valence-corrected chi connectivity index (χ0v) is 18.2. The van der Waals surface area contributed by atoms with Gasteiger partial charge in [-0.2, -0.15) is 4.31 Å². The summed E-state index contributed by atoms with van der Waals surface area (Å²) in [6, 6.07) is 11.1. The Morgan fingerprint density at radius 3 is 2.32 bits per heavy atom. The van der Waals surface area contributed by atoms with Crippen molar-refractivity contribution in [2.75, 3.05) is 37.7 Å². The number of rotatable bonds is 6. The third kappa shape index (κ3) is 4.45. The van der Waals surface area contributed by atoms with Gasteiger partial charge in [-0.15, -0.1) is 0 Å². The molecule has 0 bridgehead atoms. The predicted molar refractivity (Wildman–Crippen MR) is 114 cm³/mol. The fourth-order valence-corrected chi connectivity index (χ4v) is 4.95. The lowest BCUT2D eigenvalue weighted by molar-refractivity contribution is 0.315. The molecule has 1 fully saturated rings. The topological polar surface area (TPSA) is 49.9 Å². The second-order valence-corrected chi connectivity index (χ2v) is 9.45. The Bertz CT molecular complexity index is 939. The minimum Gasteiger partial charge on any atom is -0.493 e. The van der Waals surface area contributed by atoms with Crippen LogP contribution in [0, 0.1) is 13.8 Å². The maximum absolute atomic E-state index is 13.1. The molecule has 0 N–H and O–H groups in total. The fraction of sp³-hybridized carbons (Fsp3) is 0.429. The first-order chi connectivity index (χ1) is 13.3. The van der Waals surface area contributed by atoms with E-state index in [1.807, 2.05) is 39.0 Å². The number of nitrogens with zero attached hydrogens (tertiary/aromatic N) is 2. The summed E-state index contributed by atoms with van der Waals surface area (Å²) in [5.41, 5.74) is 2.90. The Labute approximate surface area is 172 Å². The van der Waals surface area contributed by atoms with Crippen molar-refractivity contribution in [1.82, 2.24) is 4.31 Å². The first-order valence-corrected chi connectivity index (χ1v) is 11.4. The highest BCUT2D eigenvalue weighted by atomic mass is 35.5. The quantitative estimate of drug-likeness (QED) is 0.698. The number of aryl methyl sites for hydroxylation is 2. The molecule has 3 rings (SSSR count). The lowest BCUT2D eigenvalue weighted by atomic mass is 10.2. The number of halogens is 1. The molecule has 0 aliphatic carbocycles. The molecule has 1 heterocycles. The van der Waals surface area contributed by atoms with Crippen molar-refractivity contribution in [2.24, 2.45) is 0 Å². The van der Waals surface area contributed by atoms with Crippen LogP contribution in [0.25, 0.3) is 0 Å².